The van der Waals surface area contributed by atoms with Crippen molar-refractivity contribution >= 4 is 22.6 Å². The van der Waals surface area contributed by atoms with Crippen LogP contribution in [-0.4, -0.2) is 20.0 Å². The highest BCUT2D eigenvalue weighted by Gasteiger charge is 2.19. The predicted octanol–water partition coefficient (Wildman–Crippen LogP) is 3.32. The Labute approximate surface area is 162 Å². The summed E-state index contributed by atoms with van der Waals surface area (Å²) in [7, 11) is 0. The Kier molecular flexibility index (Phi) is 4.75. The van der Waals surface area contributed by atoms with Crippen LogP contribution in [0.4, 0.5) is 10.1 Å². The lowest BCUT2D eigenvalue weighted by molar-refractivity contribution is -0.116. The number of halogens is 1. The van der Waals surface area contributed by atoms with E-state index in [2.05, 4.69) is 5.32 Å². The van der Waals surface area contributed by atoms with Crippen LogP contribution in [-0.2, 0) is 24.3 Å². The Morgan fingerprint density at radius 3 is 2.82 bits per heavy atom. The van der Waals surface area contributed by atoms with Crippen LogP contribution < -0.4 is 10.9 Å². The quantitative estimate of drug-likeness (QED) is 0.756. The van der Waals surface area contributed by atoms with E-state index in [1.807, 2.05) is 13.0 Å². The Bertz CT molecular complexity index is 1130. The van der Waals surface area contributed by atoms with Gasteiger partial charge in [-0.05, 0) is 56.5 Å². The van der Waals surface area contributed by atoms with Crippen molar-refractivity contribution in [3.63, 3.8) is 0 Å². The number of aromatic nitrogens is 3. The molecule has 0 spiro atoms. The molecule has 0 atom stereocenters. The Balaban J connectivity index is 1.68. The first-order valence-electron chi connectivity index (χ1n) is 9.59. The van der Waals surface area contributed by atoms with E-state index < -0.39 is 0 Å². The van der Waals surface area contributed by atoms with Gasteiger partial charge in [0.2, 0.25) is 5.91 Å². The van der Waals surface area contributed by atoms with Crippen LogP contribution in [0.15, 0.2) is 29.1 Å². The van der Waals surface area contributed by atoms with E-state index in [1.165, 1.54) is 12.1 Å². The third-order valence-electron chi connectivity index (χ3n) is 5.34. The molecule has 7 heteroatoms. The zero-order valence-electron chi connectivity index (χ0n) is 16.1. The molecule has 0 saturated carbocycles. The summed E-state index contributed by atoms with van der Waals surface area (Å²) < 4.78 is 16.7. The number of fused-ring (bicyclic) bond motifs is 2. The molecule has 1 aromatic carbocycles. The number of nitrogens with zero attached hydrogens (tertiary/aromatic N) is 3. The van der Waals surface area contributed by atoms with Gasteiger partial charge >= 0.3 is 0 Å². The average Bonchev–Trinajstić information content (AvgIpc) is 2.81. The summed E-state index contributed by atoms with van der Waals surface area (Å²) in [5.41, 5.74) is 3.04. The lowest BCUT2D eigenvalue weighted by Crippen LogP contribution is -2.28. The van der Waals surface area contributed by atoms with Crippen molar-refractivity contribution in [1.82, 2.24) is 14.1 Å². The van der Waals surface area contributed by atoms with Gasteiger partial charge < -0.3 is 9.88 Å². The van der Waals surface area contributed by atoms with E-state index in [9.17, 15) is 14.0 Å². The molecule has 4 rings (SSSR count). The van der Waals surface area contributed by atoms with Gasteiger partial charge in [-0.3, -0.25) is 14.2 Å². The van der Waals surface area contributed by atoms with Crippen LogP contribution in [0.3, 0.4) is 0 Å². The second kappa shape index (κ2) is 7.22. The van der Waals surface area contributed by atoms with Crippen molar-refractivity contribution in [3.05, 3.63) is 57.5 Å². The van der Waals surface area contributed by atoms with Gasteiger partial charge in [-0.25, -0.2) is 9.37 Å². The van der Waals surface area contributed by atoms with Crippen molar-refractivity contribution in [3.8, 4) is 0 Å². The number of aryl methyl sites for hydroxylation is 3. The van der Waals surface area contributed by atoms with Gasteiger partial charge in [-0.1, -0.05) is 6.42 Å². The number of carbonyl (C=O) groups excluding carboxylic acids is 1. The molecule has 0 radical (unpaired) electrons. The molecule has 2 aromatic heterocycles. The van der Waals surface area contributed by atoms with E-state index in [4.69, 9.17) is 4.98 Å². The first-order valence-corrected chi connectivity index (χ1v) is 9.59. The lowest BCUT2D eigenvalue weighted by atomic mass is 10.2. The molecule has 1 aliphatic heterocycles. The minimum atomic E-state index is -0.345. The molecule has 28 heavy (non-hydrogen) atoms. The van der Waals surface area contributed by atoms with Crippen LogP contribution in [0.2, 0.25) is 0 Å². The monoisotopic (exact) mass is 382 g/mol. The third kappa shape index (κ3) is 3.32. The molecule has 0 bridgehead atoms. The molecule has 1 N–H and O–H groups in total. The number of hydrogen-bond acceptors (Lipinski definition) is 3. The number of benzene rings is 1. The Hall–Kier alpha value is -2.96. The fourth-order valence-electron chi connectivity index (χ4n) is 3.87. The van der Waals surface area contributed by atoms with Gasteiger partial charge in [0.1, 0.15) is 23.7 Å². The summed E-state index contributed by atoms with van der Waals surface area (Å²) in [5, 5.41) is 2.80. The van der Waals surface area contributed by atoms with Crippen LogP contribution >= 0.6 is 0 Å². The average molecular weight is 382 g/mol. The molecular formula is C21H23FN4O2. The summed E-state index contributed by atoms with van der Waals surface area (Å²) in [6, 6.07) is 6.08. The largest absolute Gasteiger partial charge is 0.330 e. The van der Waals surface area contributed by atoms with Gasteiger partial charge in [0.05, 0.1) is 5.52 Å². The summed E-state index contributed by atoms with van der Waals surface area (Å²) in [6.45, 7) is 4.28. The maximum atomic E-state index is 13.3. The molecule has 1 amide bonds. The fraction of sp³-hybridized carbons (Fsp3) is 0.381. The van der Waals surface area contributed by atoms with Crippen molar-refractivity contribution in [2.75, 3.05) is 5.32 Å². The molecule has 3 heterocycles. The van der Waals surface area contributed by atoms with E-state index in [-0.39, 0.29) is 23.8 Å². The molecule has 0 aliphatic carbocycles. The third-order valence-corrected chi connectivity index (χ3v) is 5.34. The summed E-state index contributed by atoms with van der Waals surface area (Å²) in [4.78, 5) is 30.4. The highest BCUT2D eigenvalue weighted by atomic mass is 19.1. The molecule has 1 aliphatic rings. The van der Waals surface area contributed by atoms with Crippen LogP contribution in [0.5, 0.6) is 0 Å². The van der Waals surface area contributed by atoms with Crippen molar-refractivity contribution < 1.29 is 9.18 Å². The smallest absolute Gasteiger partial charge is 0.278 e. The number of anilines is 1. The molecule has 0 unspecified atom stereocenters. The second-order valence-corrected chi connectivity index (χ2v) is 7.41. The van der Waals surface area contributed by atoms with Gasteiger partial charge in [-0.2, -0.15) is 0 Å². The van der Waals surface area contributed by atoms with Gasteiger partial charge in [-0.15, -0.1) is 0 Å². The zero-order valence-corrected chi connectivity index (χ0v) is 16.1. The maximum Gasteiger partial charge on any atom is 0.278 e. The summed E-state index contributed by atoms with van der Waals surface area (Å²) >= 11 is 0. The van der Waals surface area contributed by atoms with E-state index in [1.54, 1.807) is 22.1 Å². The molecular weight excluding hydrogens is 359 g/mol. The number of carbonyl (C=O) groups is 1. The van der Waals surface area contributed by atoms with Crippen molar-refractivity contribution in [1.29, 1.82) is 0 Å². The second-order valence-electron chi connectivity index (χ2n) is 7.41. The number of rotatable bonds is 3. The molecule has 146 valence electrons. The standard InChI is InChI=1S/C21H23FN4O2/c1-13-10-15(22)7-8-16(13)24-19(27)12-26-14(2)11-17-20(26)21(28)25-9-5-3-4-6-18(25)23-17/h7-8,10-11H,3-6,9,12H2,1-2H3,(H,24,27). The number of amides is 1. The van der Waals surface area contributed by atoms with E-state index in [0.717, 1.165) is 37.2 Å². The molecule has 6 nitrogen and oxygen atoms in total. The lowest BCUT2D eigenvalue weighted by Gasteiger charge is -2.12. The van der Waals surface area contributed by atoms with E-state index >= 15 is 0 Å². The first-order chi connectivity index (χ1) is 13.4. The first kappa shape index (κ1) is 18.4. The van der Waals surface area contributed by atoms with Crippen molar-refractivity contribution in [2.45, 2.75) is 52.6 Å². The molecule has 0 fully saturated rings. The van der Waals surface area contributed by atoms with Crippen LogP contribution in [0.25, 0.3) is 11.0 Å². The number of nitrogens with one attached hydrogen (secondary N) is 1. The number of hydrogen-bond donors (Lipinski definition) is 1. The van der Waals surface area contributed by atoms with Crippen LogP contribution in [0.1, 0.15) is 36.3 Å². The molecule has 3 aromatic rings. The summed E-state index contributed by atoms with van der Waals surface area (Å²) in [5.74, 6) is 0.218. The fourth-order valence-corrected chi connectivity index (χ4v) is 3.87. The minimum Gasteiger partial charge on any atom is -0.330 e. The Morgan fingerprint density at radius 1 is 1.21 bits per heavy atom. The predicted molar refractivity (Wildman–Crippen MR) is 106 cm³/mol. The highest BCUT2D eigenvalue weighted by molar-refractivity contribution is 5.92. The maximum absolute atomic E-state index is 13.3. The Morgan fingerprint density at radius 2 is 2.04 bits per heavy atom. The topological polar surface area (TPSA) is 68.9 Å². The highest BCUT2D eigenvalue weighted by Crippen LogP contribution is 2.20. The normalized spacial score (nSPS) is 14.0. The SMILES string of the molecule is Cc1cc(F)ccc1NC(=O)Cn1c(C)cc2nc3n(c(=O)c21)CCCCC3. The molecule has 0 saturated heterocycles. The van der Waals surface area contributed by atoms with Gasteiger partial charge in [0, 0.05) is 24.3 Å². The van der Waals surface area contributed by atoms with Gasteiger partial charge in [0.25, 0.3) is 5.56 Å². The minimum absolute atomic E-state index is 0.00240. The van der Waals surface area contributed by atoms with Gasteiger partial charge in [0.15, 0.2) is 0 Å². The summed E-state index contributed by atoms with van der Waals surface area (Å²) in [6.07, 6.45) is 3.90. The van der Waals surface area contributed by atoms with Crippen molar-refractivity contribution in [2.24, 2.45) is 0 Å². The van der Waals surface area contributed by atoms with Crippen LogP contribution in [0, 0.1) is 19.7 Å². The van der Waals surface area contributed by atoms with E-state index in [0.29, 0.717) is 28.8 Å². The zero-order chi connectivity index (χ0) is 19.8.